The highest BCUT2D eigenvalue weighted by Crippen LogP contribution is 2.26. The van der Waals surface area contributed by atoms with Crippen molar-refractivity contribution in [2.45, 2.75) is 20.3 Å². The van der Waals surface area contributed by atoms with Crippen LogP contribution in [-0.4, -0.2) is 47.7 Å². The molecule has 2 amide bonds. The fraction of sp³-hybridized carbons (Fsp3) is 0.238. The quantitative estimate of drug-likeness (QED) is 0.259. The number of phenols is 2. The number of phenolic OH excluding ortho intramolecular Hbond substituents is 2. The first-order chi connectivity index (χ1) is 14.9. The Morgan fingerprint density at radius 3 is 1.65 bits per heavy atom. The van der Waals surface area contributed by atoms with E-state index in [4.69, 9.17) is 9.47 Å². The first-order valence-electron chi connectivity index (χ1n) is 9.48. The molecule has 0 aliphatic heterocycles. The summed E-state index contributed by atoms with van der Waals surface area (Å²) >= 11 is 0. The summed E-state index contributed by atoms with van der Waals surface area (Å²) in [5.41, 5.74) is 5.66. The molecular formula is C21H24N4O6. The minimum Gasteiger partial charge on any atom is -0.504 e. The van der Waals surface area contributed by atoms with Crippen LogP contribution >= 0.6 is 0 Å². The number of ether oxygens (including phenoxy) is 2. The zero-order chi connectivity index (χ0) is 22.6. The Hall–Kier alpha value is -4.08. The Balaban J connectivity index is 1.81. The van der Waals surface area contributed by atoms with E-state index in [0.717, 1.165) is 0 Å². The average Bonchev–Trinajstić information content (AvgIpc) is 2.73. The number of benzene rings is 2. The standard InChI is InChI=1S/C21H24N4O6/c1-3-30-18-9-14(5-7-16(18)26)12-22-24-20(28)11-21(29)25-23-13-15-6-8-17(27)19(10-15)31-4-2/h5-10,12-13,26-27H,3-4,11H2,1-2H3,(H,24,28)(H,25,29)/b22-12-,23-13-. The van der Waals surface area contributed by atoms with E-state index in [0.29, 0.717) is 35.8 Å². The third-order valence-corrected chi connectivity index (χ3v) is 3.69. The molecule has 0 aliphatic rings. The number of rotatable bonds is 10. The Bertz CT molecular complexity index is 897. The highest BCUT2D eigenvalue weighted by atomic mass is 16.5. The molecule has 4 N–H and O–H groups in total. The van der Waals surface area contributed by atoms with E-state index in [2.05, 4.69) is 21.1 Å². The molecule has 0 fully saturated rings. The van der Waals surface area contributed by atoms with Crippen molar-refractivity contribution in [1.29, 1.82) is 0 Å². The van der Waals surface area contributed by atoms with Crippen LogP contribution in [0, 0.1) is 0 Å². The fourth-order valence-corrected chi connectivity index (χ4v) is 2.35. The number of hydrogen-bond acceptors (Lipinski definition) is 8. The van der Waals surface area contributed by atoms with Gasteiger partial charge in [-0.2, -0.15) is 10.2 Å². The molecule has 164 valence electrons. The van der Waals surface area contributed by atoms with Gasteiger partial charge in [0, 0.05) is 0 Å². The zero-order valence-electron chi connectivity index (χ0n) is 17.2. The molecule has 2 rings (SSSR count). The summed E-state index contributed by atoms with van der Waals surface area (Å²) in [5, 5.41) is 26.9. The maximum atomic E-state index is 11.8. The van der Waals surface area contributed by atoms with Crippen molar-refractivity contribution in [2.24, 2.45) is 10.2 Å². The molecule has 0 aliphatic carbocycles. The van der Waals surface area contributed by atoms with Crippen molar-refractivity contribution >= 4 is 24.2 Å². The van der Waals surface area contributed by atoms with E-state index < -0.39 is 18.2 Å². The molecule has 2 aromatic carbocycles. The van der Waals surface area contributed by atoms with Crippen LogP contribution in [-0.2, 0) is 9.59 Å². The van der Waals surface area contributed by atoms with E-state index in [1.54, 1.807) is 38.1 Å². The molecule has 2 aromatic rings. The molecule has 0 radical (unpaired) electrons. The van der Waals surface area contributed by atoms with Crippen LogP contribution in [0.25, 0.3) is 0 Å². The summed E-state index contributed by atoms with van der Waals surface area (Å²) in [7, 11) is 0. The zero-order valence-corrected chi connectivity index (χ0v) is 17.2. The molecule has 0 saturated heterocycles. The first kappa shape index (κ1) is 23.2. The predicted octanol–water partition coefficient (Wildman–Crippen LogP) is 1.89. The van der Waals surface area contributed by atoms with Gasteiger partial charge in [-0.1, -0.05) is 0 Å². The van der Waals surface area contributed by atoms with Crippen molar-refractivity contribution < 1.29 is 29.3 Å². The third kappa shape index (κ3) is 7.69. The van der Waals surface area contributed by atoms with Gasteiger partial charge in [0.2, 0.25) is 11.8 Å². The fourth-order valence-electron chi connectivity index (χ4n) is 2.35. The molecule has 0 unspecified atom stereocenters. The van der Waals surface area contributed by atoms with Crippen LogP contribution in [0.15, 0.2) is 46.6 Å². The molecule has 0 aromatic heterocycles. The lowest BCUT2D eigenvalue weighted by atomic mass is 10.2. The number of hydrazone groups is 2. The minimum atomic E-state index is -0.629. The van der Waals surface area contributed by atoms with Crippen molar-refractivity contribution in [3.8, 4) is 23.0 Å². The minimum absolute atomic E-state index is 0.00155. The number of amides is 2. The first-order valence-corrected chi connectivity index (χ1v) is 9.48. The smallest absolute Gasteiger partial charge is 0.249 e. The second kappa shape index (κ2) is 11.8. The Morgan fingerprint density at radius 2 is 1.26 bits per heavy atom. The molecule has 0 spiro atoms. The lowest BCUT2D eigenvalue weighted by Gasteiger charge is -2.06. The predicted molar refractivity (Wildman–Crippen MR) is 115 cm³/mol. The van der Waals surface area contributed by atoms with Crippen LogP contribution in [0.3, 0.4) is 0 Å². The van der Waals surface area contributed by atoms with Crippen molar-refractivity contribution in [1.82, 2.24) is 10.9 Å². The Morgan fingerprint density at radius 1 is 0.839 bits per heavy atom. The molecule has 31 heavy (non-hydrogen) atoms. The lowest BCUT2D eigenvalue weighted by molar-refractivity contribution is -0.129. The molecule has 0 bridgehead atoms. The summed E-state index contributed by atoms with van der Waals surface area (Å²) in [4.78, 5) is 23.6. The Kier molecular flexibility index (Phi) is 8.84. The number of carbonyl (C=O) groups is 2. The number of aromatic hydroxyl groups is 2. The number of nitrogens with zero attached hydrogens (tertiary/aromatic N) is 2. The van der Waals surface area contributed by atoms with Crippen LogP contribution in [0.5, 0.6) is 23.0 Å². The highest BCUT2D eigenvalue weighted by molar-refractivity contribution is 5.97. The maximum absolute atomic E-state index is 11.8. The summed E-state index contributed by atoms with van der Waals surface area (Å²) < 4.78 is 10.5. The normalized spacial score (nSPS) is 10.9. The van der Waals surface area contributed by atoms with Gasteiger partial charge in [0.25, 0.3) is 0 Å². The van der Waals surface area contributed by atoms with E-state index in [9.17, 15) is 19.8 Å². The number of carbonyl (C=O) groups excluding carboxylic acids is 2. The van der Waals surface area contributed by atoms with Crippen molar-refractivity contribution in [2.75, 3.05) is 13.2 Å². The van der Waals surface area contributed by atoms with Gasteiger partial charge >= 0.3 is 0 Å². The average molecular weight is 428 g/mol. The maximum Gasteiger partial charge on any atom is 0.249 e. The summed E-state index contributed by atoms with van der Waals surface area (Å²) in [6.45, 7) is 4.36. The van der Waals surface area contributed by atoms with Crippen LogP contribution in [0.2, 0.25) is 0 Å². The molecular weight excluding hydrogens is 404 g/mol. The summed E-state index contributed by atoms with van der Waals surface area (Å²) in [6, 6.07) is 9.22. The number of hydrogen-bond donors (Lipinski definition) is 4. The topological polar surface area (TPSA) is 142 Å². The van der Waals surface area contributed by atoms with Gasteiger partial charge in [-0.25, -0.2) is 10.9 Å². The van der Waals surface area contributed by atoms with E-state index in [1.807, 2.05) is 0 Å². The van der Waals surface area contributed by atoms with Crippen LogP contribution in [0.1, 0.15) is 31.4 Å². The molecule has 0 heterocycles. The van der Waals surface area contributed by atoms with E-state index >= 15 is 0 Å². The summed E-state index contributed by atoms with van der Waals surface area (Å²) in [6.07, 6.45) is 2.24. The largest absolute Gasteiger partial charge is 0.504 e. The van der Waals surface area contributed by atoms with Gasteiger partial charge in [0.05, 0.1) is 25.6 Å². The van der Waals surface area contributed by atoms with E-state index in [-0.39, 0.29) is 11.5 Å². The second-order valence-electron chi connectivity index (χ2n) is 6.08. The van der Waals surface area contributed by atoms with E-state index in [1.165, 1.54) is 24.6 Å². The van der Waals surface area contributed by atoms with Gasteiger partial charge in [-0.3, -0.25) is 9.59 Å². The third-order valence-electron chi connectivity index (χ3n) is 3.69. The molecule has 10 nitrogen and oxygen atoms in total. The van der Waals surface area contributed by atoms with Gasteiger partial charge in [0.15, 0.2) is 23.0 Å². The molecule has 10 heteroatoms. The van der Waals surface area contributed by atoms with Crippen molar-refractivity contribution in [3.63, 3.8) is 0 Å². The van der Waals surface area contributed by atoms with Crippen LogP contribution in [0.4, 0.5) is 0 Å². The molecule has 0 atom stereocenters. The van der Waals surface area contributed by atoms with Crippen molar-refractivity contribution in [3.05, 3.63) is 47.5 Å². The SMILES string of the molecule is CCOc1cc(/C=N\NC(=O)CC(=O)N/N=C\c2ccc(O)c(OCC)c2)ccc1O. The van der Waals surface area contributed by atoms with Gasteiger partial charge in [-0.15, -0.1) is 0 Å². The van der Waals surface area contributed by atoms with Gasteiger partial charge < -0.3 is 19.7 Å². The van der Waals surface area contributed by atoms with Crippen LogP contribution < -0.4 is 20.3 Å². The second-order valence-corrected chi connectivity index (χ2v) is 6.08. The number of nitrogens with one attached hydrogen (secondary N) is 2. The molecule has 0 saturated carbocycles. The lowest BCUT2D eigenvalue weighted by Crippen LogP contribution is -2.27. The Labute approximate surface area is 179 Å². The van der Waals surface area contributed by atoms with Gasteiger partial charge in [0.1, 0.15) is 6.42 Å². The highest BCUT2D eigenvalue weighted by Gasteiger charge is 2.08. The summed E-state index contributed by atoms with van der Waals surface area (Å²) in [5.74, 6) is -0.649. The monoisotopic (exact) mass is 428 g/mol. The van der Waals surface area contributed by atoms with Gasteiger partial charge in [-0.05, 0) is 61.4 Å².